The first-order valence-electron chi connectivity index (χ1n) is 5.58. The SMILES string of the molecule is CC(=O)CC(C)S(=O)(=O)Cc1cccc(C)c1. The molecule has 0 heterocycles. The number of carbonyl (C=O) groups excluding carboxylic acids is 1. The van der Waals surface area contributed by atoms with E-state index in [1.807, 2.05) is 25.1 Å². The molecule has 17 heavy (non-hydrogen) atoms. The summed E-state index contributed by atoms with van der Waals surface area (Å²) in [7, 11) is -3.25. The second-order valence-electron chi connectivity index (χ2n) is 4.51. The Bertz CT molecular complexity index is 503. The van der Waals surface area contributed by atoms with Crippen LogP contribution in [0.25, 0.3) is 0 Å². The molecule has 3 nitrogen and oxygen atoms in total. The zero-order chi connectivity index (χ0) is 13.1. The fourth-order valence-electron chi connectivity index (χ4n) is 1.71. The van der Waals surface area contributed by atoms with E-state index in [0.717, 1.165) is 11.1 Å². The lowest BCUT2D eigenvalue weighted by molar-refractivity contribution is -0.116. The molecule has 0 saturated heterocycles. The van der Waals surface area contributed by atoms with Crippen molar-refractivity contribution >= 4 is 15.6 Å². The van der Waals surface area contributed by atoms with Gasteiger partial charge in [0.25, 0.3) is 0 Å². The molecule has 1 aromatic rings. The molecule has 1 unspecified atom stereocenters. The van der Waals surface area contributed by atoms with Gasteiger partial charge in [0.1, 0.15) is 5.78 Å². The fraction of sp³-hybridized carbons (Fsp3) is 0.462. The molecule has 0 N–H and O–H groups in total. The van der Waals surface area contributed by atoms with E-state index >= 15 is 0 Å². The van der Waals surface area contributed by atoms with Crippen LogP contribution in [0.2, 0.25) is 0 Å². The van der Waals surface area contributed by atoms with Crippen LogP contribution in [0, 0.1) is 6.92 Å². The van der Waals surface area contributed by atoms with Gasteiger partial charge in [-0.3, -0.25) is 4.79 Å². The molecule has 0 spiro atoms. The summed E-state index contributed by atoms with van der Waals surface area (Å²) in [4.78, 5) is 10.9. The van der Waals surface area contributed by atoms with Crippen molar-refractivity contribution in [3.8, 4) is 0 Å². The van der Waals surface area contributed by atoms with Gasteiger partial charge in [0.2, 0.25) is 0 Å². The van der Waals surface area contributed by atoms with Crippen LogP contribution in [-0.2, 0) is 20.4 Å². The van der Waals surface area contributed by atoms with Gasteiger partial charge in [-0.1, -0.05) is 29.8 Å². The van der Waals surface area contributed by atoms with E-state index < -0.39 is 15.1 Å². The summed E-state index contributed by atoms with van der Waals surface area (Å²) < 4.78 is 24.0. The Kier molecular flexibility index (Phi) is 4.46. The molecule has 0 amide bonds. The standard InChI is InChI=1S/C13H18O3S/c1-10-5-4-6-13(7-10)9-17(15,16)12(3)8-11(2)14/h4-7,12H,8-9H2,1-3H3. The zero-order valence-corrected chi connectivity index (χ0v) is 11.3. The molecular formula is C13H18O3S. The summed E-state index contributed by atoms with van der Waals surface area (Å²) in [6, 6.07) is 7.42. The quantitative estimate of drug-likeness (QED) is 0.810. The average Bonchev–Trinajstić information content (AvgIpc) is 2.15. The van der Waals surface area contributed by atoms with Gasteiger partial charge < -0.3 is 0 Å². The Morgan fingerprint density at radius 2 is 2.00 bits per heavy atom. The minimum atomic E-state index is -3.25. The lowest BCUT2D eigenvalue weighted by atomic mass is 10.2. The van der Waals surface area contributed by atoms with Crippen molar-refractivity contribution in [1.29, 1.82) is 0 Å². The van der Waals surface area contributed by atoms with Crippen LogP contribution in [0.15, 0.2) is 24.3 Å². The topological polar surface area (TPSA) is 51.2 Å². The maximum atomic E-state index is 12.0. The molecule has 0 aromatic heterocycles. The molecule has 0 aliphatic heterocycles. The highest BCUT2D eigenvalue weighted by Crippen LogP contribution is 2.15. The van der Waals surface area contributed by atoms with Gasteiger partial charge in [0.05, 0.1) is 11.0 Å². The zero-order valence-electron chi connectivity index (χ0n) is 10.4. The van der Waals surface area contributed by atoms with Crippen molar-refractivity contribution in [1.82, 2.24) is 0 Å². The van der Waals surface area contributed by atoms with Crippen LogP contribution >= 0.6 is 0 Å². The van der Waals surface area contributed by atoms with Gasteiger partial charge in [-0.2, -0.15) is 0 Å². The predicted octanol–water partition coefficient (Wildman–Crippen LogP) is 2.28. The molecule has 94 valence electrons. The van der Waals surface area contributed by atoms with E-state index in [4.69, 9.17) is 0 Å². The van der Waals surface area contributed by atoms with E-state index in [2.05, 4.69) is 0 Å². The van der Waals surface area contributed by atoms with Crippen LogP contribution in [0.1, 0.15) is 31.4 Å². The van der Waals surface area contributed by atoms with Crippen LogP contribution < -0.4 is 0 Å². The minimum absolute atomic E-state index is 0.00310. The van der Waals surface area contributed by atoms with Crippen molar-refractivity contribution in [2.24, 2.45) is 0 Å². The first kappa shape index (κ1) is 13.9. The molecule has 0 radical (unpaired) electrons. The number of aryl methyl sites for hydroxylation is 1. The first-order chi connectivity index (χ1) is 7.81. The van der Waals surface area contributed by atoms with E-state index in [1.54, 1.807) is 13.0 Å². The Morgan fingerprint density at radius 1 is 1.35 bits per heavy atom. The molecule has 0 fully saturated rings. The number of hydrogen-bond acceptors (Lipinski definition) is 3. The molecule has 1 atom stereocenters. The van der Waals surface area contributed by atoms with Gasteiger partial charge >= 0.3 is 0 Å². The molecule has 4 heteroatoms. The van der Waals surface area contributed by atoms with Crippen molar-refractivity contribution in [3.63, 3.8) is 0 Å². The molecule has 1 rings (SSSR count). The van der Waals surface area contributed by atoms with Crippen molar-refractivity contribution in [2.45, 2.75) is 38.2 Å². The molecular weight excluding hydrogens is 236 g/mol. The van der Waals surface area contributed by atoms with E-state index in [-0.39, 0.29) is 18.0 Å². The van der Waals surface area contributed by atoms with Gasteiger partial charge in [0, 0.05) is 6.42 Å². The Balaban J connectivity index is 2.83. The highest BCUT2D eigenvalue weighted by molar-refractivity contribution is 7.91. The van der Waals surface area contributed by atoms with Crippen LogP contribution in [-0.4, -0.2) is 19.5 Å². The maximum Gasteiger partial charge on any atom is 0.157 e. The monoisotopic (exact) mass is 254 g/mol. The van der Waals surface area contributed by atoms with Gasteiger partial charge in [-0.15, -0.1) is 0 Å². The van der Waals surface area contributed by atoms with Crippen LogP contribution in [0.5, 0.6) is 0 Å². The minimum Gasteiger partial charge on any atom is -0.300 e. The highest BCUT2D eigenvalue weighted by atomic mass is 32.2. The van der Waals surface area contributed by atoms with Crippen molar-refractivity contribution < 1.29 is 13.2 Å². The lowest BCUT2D eigenvalue weighted by Gasteiger charge is -2.11. The second-order valence-corrected chi connectivity index (χ2v) is 6.93. The normalized spacial score (nSPS) is 13.4. The average molecular weight is 254 g/mol. The summed E-state index contributed by atoms with van der Waals surface area (Å²) >= 11 is 0. The Labute approximate surface area is 103 Å². The largest absolute Gasteiger partial charge is 0.300 e. The summed E-state index contributed by atoms with van der Waals surface area (Å²) in [5.74, 6) is -0.0892. The third kappa shape index (κ3) is 4.30. The third-order valence-corrected chi connectivity index (χ3v) is 4.77. The molecule has 0 aliphatic carbocycles. The van der Waals surface area contributed by atoms with Crippen molar-refractivity contribution in [3.05, 3.63) is 35.4 Å². The number of hydrogen-bond donors (Lipinski definition) is 0. The van der Waals surface area contributed by atoms with Crippen LogP contribution in [0.3, 0.4) is 0 Å². The second kappa shape index (κ2) is 5.45. The molecule has 0 saturated carbocycles. The van der Waals surface area contributed by atoms with Crippen molar-refractivity contribution in [2.75, 3.05) is 0 Å². The fourth-order valence-corrected chi connectivity index (χ4v) is 3.13. The predicted molar refractivity (Wildman–Crippen MR) is 68.6 cm³/mol. The van der Waals surface area contributed by atoms with Gasteiger partial charge in [-0.25, -0.2) is 8.42 Å². The number of ketones is 1. The lowest BCUT2D eigenvalue weighted by Crippen LogP contribution is -2.22. The number of Topliss-reactive ketones (excluding diaryl/α,β-unsaturated/α-hetero) is 1. The summed E-state index contributed by atoms with van der Waals surface area (Å²) in [6.07, 6.45) is 0.0914. The first-order valence-corrected chi connectivity index (χ1v) is 7.29. The maximum absolute atomic E-state index is 12.0. The van der Waals surface area contributed by atoms with E-state index in [0.29, 0.717) is 0 Å². The Morgan fingerprint density at radius 3 is 2.53 bits per heavy atom. The third-order valence-electron chi connectivity index (χ3n) is 2.64. The molecule has 0 bridgehead atoms. The summed E-state index contributed by atoms with van der Waals surface area (Å²) in [6.45, 7) is 4.93. The highest BCUT2D eigenvalue weighted by Gasteiger charge is 2.22. The smallest absolute Gasteiger partial charge is 0.157 e. The molecule has 1 aromatic carbocycles. The Hall–Kier alpha value is -1.16. The molecule has 0 aliphatic rings. The van der Waals surface area contributed by atoms with Gasteiger partial charge in [0.15, 0.2) is 9.84 Å². The number of sulfone groups is 1. The summed E-state index contributed by atoms with van der Waals surface area (Å²) in [5, 5.41) is -0.611. The number of carbonyl (C=O) groups is 1. The number of rotatable bonds is 5. The van der Waals surface area contributed by atoms with Crippen LogP contribution in [0.4, 0.5) is 0 Å². The van der Waals surface area contributed by atoms with Gasteiger partial charge in [-0.05, 0) is 26.3 Å². The summed E-state index contributed by atoms with van der Waals surface area (Å²) in [5.41, 5.74) is 1.82. The van der Waals surface area contributed by atoms with E-state index in [9.17, 15) is 13.2 Å². The number of benzene rings is 1. The van der Waals surface area contributed by atoms with E-state index in [1.165, 1.54) is 6.92 Å².